The first kappa shape index (κ1) is 11.4. The smallest absolute Gasteiger partial charge is 0.240 e. The first-order chi connectivity index (χ1) is 7.77. The molecule has 0 aliphatic carbocycles. The molecule has 1 aromatic rings. The summed E-state index contributed by atoms with van der Waals surface area (Å²) in [4.78, 5) is 17.8. The summed E-state index contributed by atoms with van der Waals surface area (Å²) in [6.45, 7) is 0.621. The molecule has 1 fully saturated rings. The van der Waals surface area contributed by atoms with Crippen LogP contribution < -0.4 is 5.32 Å². The van der Waals surface area contributed by atoms with Gasteiger partial charge in [0.25, 0.3) is 0 Å². The minimum atomic E-state index is -0.0216. The van der Waals surface area contributed by atoms with Gasteiger partial charge in [-0.2, -0.15) is 0 Å². The third-order valence-electron chi connectivity index (χ3n) is 2.53. The highest BCUT2D eigenvalue weighted by Crippen LogP contribution is 2.12. The number of rotatable bonds is 3. The quantitative estimate of drug-likeness (QED) is 0.840. The second-order valence-corrected chi connectivity index (χ2v) is 4.86. The molecule has 5 heteroatoms. The van der Waals surface area contributed by atoms with Gasteiger partial charge in [0.05, 0.1) is 6.04 Å². The van der Waals surface area contributed by atoms with Crippen LogP contribution in [-0.2, 0) is 11.3 Å². The van der Waals surface area contributed by atoms with Gasteiger partial charge in [-0.25, -0.2) is 0 Å². The monoisotopic (exact) mass is 237 g/mol. The zero-order valence-electron chi connectivity index (χ0n) is 9.22. The van der Waals surface area contributed by atoms with Crippen LogP contribution in [0.5, 0.6) is 0 Å². The summed E-state index contributed by atoms with van der Waals surface area (Å²) in [6.07, 6.45) is 3.53. The van der Waals surface area contributed by atoms with Gasteiger partial charge in [0.1, 0.15) is 0 Å². The molecule has 0 radical (unpaired) electrons. The van der Waals surface area contributed by atoms with Gasteiger partial charge in [-0.05, 0) is 11.6 Å². The van der Waals surface area contributed by atoms with Gasteiger partial charge in [-0.3, -0.25) is 15.1 Å². The first-order valence-corrected chi connectivity index (χ1v) is 6.38. The van der Waals surface area contributed by atoms with Crippen molar-refractivity contribution in [1.29, 1.82) is 0 Å². The van der Waals surface area contributed by atoms with E-state index in [0.717, 1.165) is 17.2 Å². The fourth-order valence-corrected chi connectivity index (χ4v) is 2.60. The van der Waals surface area contributed by atoms with E-state index in [1.54, 1.807) is 29.1 Å². The summed E-state index contributed by atoms with van der Waals surface area (Å²) in [7, 11) is 1.83. The number of amides is 1. The van der Waals surface area contributed by atoms with Crippen molar-refractivity contribution in [2.45, 2.75) is 12.6 Å². The lowest BCUT2D eigenvalue weighted by molar-refractivity contribution is -0.131. The molecule has 1 aromatic heterocycles. The Bertz CT molecular complexity index is 352. The molecule has 0 saturated carbocycles. The number of nitrogens with one attached hydrogen (secondary N) is 1. The molecule has 0 bridgehead atoms. The molecule has 2 heterocycles. The minimum Gasteiger partial charge on any atom is -0.340 e. The lowest BCUT2D eigenvalue weighted by atomic mass is 10.2. The van der Waals surface area contributed by atoms with Gasteiger partial charge in [0.2, 0.25) is 5.91 Å². The number of likely N-dealkylation sites (N-methyl/N-ethyl adjacent to an activating group) is 1. The van der Waals surface area contributed by atoms with Crippen LogP contribution in [0.15, 0.2) is 24.5 Å². The highest BCUT2D eigenvalue weighted by atomic mass is 32.2. The molecule has 1 aliphatic rings. The van der Waals surface area contributed by atoms with Gasteiger partial charge >= 0.3 is 0 Å². The van der Waals surface area contributed by atoms with E-state index >= 15 is 0 Å². The Morgan fingerprint density at radius 3 is 3.25 bits per heavy atom. The SMILES string of the molecule is CN(Cc1cccnc1)C(=O)C1CSCN1. The Hall–Kier alpha value is -1.07. The van der Waals surface area contributed by atoms with Gasteiger partial charge in [-0.15, -0.1) is 11.8 Å². The Balaban J connectivity index is 1.92. The molecule has 4 nitrogen and oxygen atoms in total. The lowest BCUT2D eigenvalue weighted by Crippen LogP contribution is -2.42. The average Bonchev–Trinajstić information content (AvgIpc) is 2.83. The van der Waals surface area contributed by atoms with Gasteiger partial charge < -0.3 is 4.90 Å². The van der Waals surface area contributed by atoms with Crippen LogP contribution in [0.25, 0.3) is 0 Å². The molecule has 0 spiro atoms. The molecule has 1 saturated heterocycles. The largest absolute Gasteiger partial charge is 0.340 e. The summed E-state index contributed by atoms with van der Waals surface area (Å²) in [5.41, 5.74) is 1.06. The van der Waals surface area contributed by atoms with Crippen LogP contribution in [-0.4, -0.2) is 40.5 Å². The number of hydrogen-bond acceptors (Lipinski definition) is 4. The topological polar surface area (TPSA) is 45.2 Å². The molecular weight excluding hydrogens is 222 g/mol. The van der Waals surface area contributed by atoms with Crippen molar-refractivity contribution < 1.29 is 4.79 Å². The van der Waals surface area contributed by atoms with Crippen LogP contribution in [0.3, 0.4) is 0 Å². The van der Waals surface area contributed by atoms with Crippen molar-refractivity contribution in [2.75, 3.05) is 18.7 Å². The number of aromatic nitrogens is 1. The standard InChI is InChI=1S/C11H15N3OS/c1-14(6-9-3-2-4-12-5-9)11(15)10-7-16-8-13-10/h2-5,10,13H,6-8H2,1H3. The van der Waals surface area contributed by atoms with Crippen molar-refractivity contribution in [2.24, 2.45) is 0 Å². The second kappa shape index (κ2) is 5.32. The summed E-state index contributed by atoms with van der Waals surface area (Å²) in [5, 5.41) is 3.18. The van der Waals surface area contributed by atoms with E-state index in [2.05, 4.69) is 10.3 Å². The molecule has 86 valence electrons. The number of pyridine rings is 1. The van der Waals surface area contributed by atoms with Crippen molar-refractivity contribution in [3.8, 4) is 0 Å². The van der Waals surface area contributed by atoms with E-state index in [1.807, 2.05) is 19.2 Å². The van der Waals surface area contributed by atoms with Crippen LogP contribution in [0.2, 0.25) is 0 Å². The number of nitrogens with zero attached hydrogens (tertiary/aromatic N) is 2. The van der Waals surface area contributed by atoms with Crippen LogP contribution >= 0.6 is 11.8 Å². The predicted molar refractivity (Wildman–Crippen MR) is 65.0 cm³/mol. The maximum Gasteiger partial charge on any atom is 0.240 e. The summed E-state index contributed by atoms with van der Waals surface area (Å²) >= 11 is 1.76. The lowest BCUT2D eigenvalue weighted by Gasteiger charge is -2.20. The number of carbonyl (C=O) groups is 1. The Morgan fingerprint density at radius 2 is 2.62 bits per heavy atom. The first-order valence-electron chi connectivity index (χ1n) is 5.22. The molecule has 16 heavy (non-hydrogen) atoms. The second-order valence-electron chi connectivity index (χ2n) is 3.83. The van der Waals surface area contributed by atoms with E-state index < -0.39 is 0 Å². The predicted octanol–water partition coefficient (Wildman–Crippen LogP) is 0.702. The summed E-state index contributed by atoms with van der Waals surface area (Å²) < 4.78 is 0. The van der Waals surface area contributed by atoms with Crippen molar-refractivity contribution >= 4 is 17.7 Å². The van der Waals surface area contributed by atoms with Gasteiger partial charge in [0, 0.05) is 37.6 Å². The molecule has 1 amide bonds. The highest BCUT2D eigenvalue weighted by Gasteiger charge is 2.25. The maximum atomic E-state index is 12.0. The molecule has 1 unspecified atom stereocenters. The zero-order valence-corrected chi connectivity index (χ0v) is 10.0. The molecular formula is C11H15N3OS. The maximum absolute atomic E-state index is 12.0. The van der Waals surface area contributed by atoms with E-state index in [0.29, 0.717) is 6.54 Å². The summed E-state index contributed by atoms with van der Waals surface area (Å²) in [5.74, 6) is 1.90. The van der Waals surface area contributed by atoms with E-state index in [9.17, 15) is 4.79 Å². The summed E-state index contributed by atoms with van der Waals surface area (Å²) in [6, 6.07) is 3.84. The molecule has 0 aromatic carbocycles. The molecule has 2 rings (SSSR count). The van der Waals surface area contributed by atoms with Crippen LogP contribution in [0.1, 0.15) is 5.56 Å². The van der Waals surface area contributed by atoms with Crippen LogP contribution in [0, 0.1) is 0 Å². The number of hydrogen-bond donors (Lipinski definition) is 1. The van der Waals surface area contributed by atoms with Gasteiger partial charge in [0.15, 0.2) is 0 Å². The Kier molecular flexibility index (Phi) is 3.79. The van der Waals surface area contributed by atoms with Crippen molar-refractivity contribution in [3.05, 3.63) is 30.1 Å². The third kappa shape index (κ3) is 2.74. The zero-order chi connectivity index (χ0) is 11.4. The Morgan fingerprint density at radius 1 is 1.75 bits per heavy atom. The highest BCUT2D eigenvalue weighted by molar-refractivity contribution is 7.99. The van der Waals surface area contributed by atoms with E-state index in [1.165, 1.54) is 0 Å². The fraction of sp³-hybridized carbons (Fsp3) is 0.455. The third-order valence-corrected chi connectivity index (χ3v) is 3.47. The normalized spacial score (nSPS) is 19.7. The van der Waals surface area contributed by atoms with E-state index in [4.69, 9.17) is 0 Å². The molecule has 1 aliphatic heterocycles. The molecule has 1 N–H and O–H groups in total. The molecule has 1 atom stereocenters. The fourth-order valence-electron chi connectivity index (χ4n) is 1.66. The average molecular weight is 237 g/mol. The number of thioether (sulfide) groups is 1. The van der Waals surface area contributed by atoms with Crippen molar-refractivity contribution in [1.82, 2.24) is 15.2 Å². The Labute approximate surface area is 99.4 Å². The van der Waals surface area contributed by atoms with Gasteiger partial charge in [-0.1, -0.05) is 6.07 Å². The van der Waals surface area contributed by atoms with Crippen LogP contribution in [0.4, 0.5) is 0 Å². The van der Waals surface area contributed by atoms with Crippen molar-refractivity contribution in [3.63, 3.8) is 0 Å². The number of carbonyl (C=O) groups excluding carboxylic acids is 1. The van der Waals surface area contributed by atoms with E-state index in [-0.39, 0.29) is 11.9 Å². The minimum absolute atomic E-state index is 0.0216.